The molecule has 0 heterocycles. The van der Waals surface area contributed by atoms with Crippen LogP contribution in [-0.2, 0) is 4.79 Å². The second kappa shape index (κ2) is 7.31. The van der Waals surface area contributed by atoms with E-state index in [0.717, 1.165) is 51.4 Å². The molecule has 4 nitrogen and oxygen atoms in total. The molecule has 1 amide bonds. The highest BCUT2D eigenvalue weighted by Crippen LogP contribution is 2.70. The molecule has 3 N–H and O–H groups in total. The zero-order chi connectivity index (χ0) is 23.1. The molecule has 0 aromatic heterocycles. The molecule has 0 bridgehead atoms. The van der Waals surface area contributed by atoms with E-state index in [4.69, 9.17) is 0 Å². The number of aliphatic hydroxyl groups is 1. The Morgan fingerprint density at radius 3 is 2.41 bits per heavy atom. The third-order valence-electron chi connectivity index (χ3n) is 11.9. The Kier molecular flexibility index (Phi) is 5.23. The quantitative estimate of drug-likeness (QED) is 0.269. The summed E-state index contributed by atoms with van der Waals surface area (Å²) in [6.45, 7) is 12.1. The van der Waals surface area contributed by atoms with Crippen LogP contribution in [0.5, 0.6) is 0 Å². The van der Waals surface area contributed by atoms with Gasteiger partial charge in [0, 0.05) is 0 Å². The zero-order valence-corrected chi connectivity index (χ0v) is 20.9. The fourth-order valence-electron chi connectivity index (χ4n) is 10.0. The van der Waals surface area contributed by atoms with Gasteiger partial charge in [0.1, 0.15) is 0 Å². The first-order valence-corrected chi connectivity index (χ1v) is 13.3. The minimum atomic E-state index is -0.430. The SMILES string of the molecule is CC1C(O)CCC2(C)C1CCC1(C)C3CCC4(C(=O)NO)CCC(C)(C)CC4C3=CCC12. The van der Waals surface area contributed by atoms with E-state index in [1.54, 1.807) is 5.57 Å². The van der Waals surface area contributed by atoms with E-state index in [2.05, 4.69) is 46.2 Å². The maximum absolute atomic E-state index is 13.1. The maximum Gasteiger partial charge on any atom is 0.250 e. The Hall–Kier alpha value is -0.870. The molecule has 32 heavy (non-hydrogen) atoms. The van der Waals surface area contributed by atoms with E-state index in [1.165, 1.54) is 12.8 Å². The summed E-state index contributed by atoms with van der Waals surface area (Å²) in [6.07, 6.45) is 13.1. The van der Waals surface area contributed by atoms with Crippen molar-refractivity contribution in [1.82, 2.24) is 5.48 Å². The van der Waals surface area contributed by atoms with Crippen LogP contribution in [0.1, 0.15) is 98.8 Å². The van der Waals surface area contributed by atoms with Gasteiger partial charge in [0.05, 0.1) is 11.5 Å². The van der Waals surface area contributed by atoms with E-state index in [-0.39, 0.29) is 28.8 Å². The van der Waals surface area contributed by atoms with Gasteiger partial charge in [0.2, 0.25) is 5.91 Å². The Labute approximate surface area is 194 Å². The standard InChI is InChI=1S/C28H45NO3/c1-17-19-8-11-27(5)20-9-13-28(24(31)29-32)15-14-25(2,3)16-21(28)18(20)6-7-23(27)26(19,4)12-10-22(17)30/h6,17,19-23,30,32H,7-16H2,1-5H3,(H,29,31). The molecule has 5 aliphatic rings. The van der Waals surface area contributed by atoms with Crippen molar-refractivity contribution < 1.29 is 15.1 Å². The number of hydrogen-bond donors (Lipinski definition) is 3. The molecule has 0 saturated heterocycles. The fraction of sp³-hybridized carbons (Fsp3) is 0.893. The van der Waals surface area contributed by atoms with E-state index in [1.807, 2.05) is 0 Å². The molecule has 0 aromatic carbocycles. The van der Waals surface area contributed by atoms with Gasteiger partial charge in [-0.3, -0.25) is 10.0 Å². The molecule has 5 rings (SSSR count). The summed E-state index contributed by atoms with van der Waals surface area (Å²) >= 11 is 0. The lowest BCUT2D eigenvalue weighted by molar-refractivity contribution is -0.165. The van der Waals surface area contributed by atoms with Gasteiger partial charge in [-0.05, 0) is 110 Å². The number of allylic oxidation sites excluding steroid dienone is 2. The average Bonchev–Trinajstić information content (AvgIpc) is 2.75. The van der Waals surface area contributed by atoms with Crippen molar-refractivity contribution in [2.24, 2.45) is 51.2 Å². The minimum Gasteiger partial charge on any atom is -0.393 e. The van der Waals surface area contributed by atoms with Crippen LogP contribution in [0.3, 0.4) is 0 Å². The highest BCUT2D eigenvalue weighted by atomic mass is 16.5. The molecule has 9 atom stereocenters. The van der Waals surface area contributed by atoms with Gasteiger partial charge in [0.15, 0.2) is 0 Å². The van der Waals surface area contributed by atoms with E-state index in [0.29, 0.717) is 29.1 Å². The molecule has 9 unspecified atom stereocenters. The highest BCUT2D eigenvalue weighted by molar-refractivity contribution is 5.83. The molecule has 5 aliphatic carbocycles. The summed E-state index contributed by atoms with van der Waals surface area (Å²) in [6, 6.07) is 0. The number of fused-ring (bicyclic) bond motifs is 7. The zero-order valence-electron chi connectivity index (χ0n) is 20.9. The van der Waals surface area contributed by atoms with Crippen LogP contribution in [0.4, 0.5) is 0 Å². The van der Waals surface area contributed by atoms with Gasteiger partial charge in [-0.25, -0.2) is 5.48 Å². The van der Waals surface area contributed by atoms with Crippen molar-refractivity contribution in [1.29, 1.82) is 0 Å². The van der Waals surface area contributed by atoms with Crippen LogP contribution in [0.15, 0.2) is 11.6 Å². The Bertz CT molecular complexity index is 819. The lowest BCUT2D eigenvalue weighted by Crippen LogP contribution is -2.61. The van der Waals surface area contributed by atoms with Crippen LogP contribution in [0.25, 0.3) is 0 Å². The van der Waals surface area contributed by atoms with Crippen molar-refractivity contribution in [3.8, 4) is 0 Å². The number of rotatable bonds is 1. The summed E-state index contributed by atoms with van der Waals surface area (Å²) in [5.74, 6) is 2.35. The Morgan fingerprint density at radius 1 is 0.969 bits per heavy atom. The largest absolute Gasteiger partial charge is 0.393 e. The third kappa shape index (κ3) is 2.97. The monoisotopic (exact) mass is 443 g/mol. The van der Waals surface area contributed by atoms with Gasteiger partial charge in [-0.1, -0.05) is 46.3 Å². The van der Waals surface area contributed by atoms with Crippen LogP contribution >= 0.6 is 0 Å². The first-order valence-electron chi connectivity index (χ1n) is 13.3. The summed E-state index contributed by atoms with van der Waals surface area (Å²) in [4.78, 5) is 13.1. The van der Waals surface area contributed by atoms with Crippen molar-refractivity contribution in [3.63, 3.8) is 0 Å². The molecule has 4 heteroatoms. The van der Waals surface area contributed by atoms with Crippen LogP contribution in [-0.4, -0.2) is 22.3 Å². The number of nitrogens with one attached hydrogen (secondary N) is 1. The van der Waals surface area contributed by atoms with E-state index < -0.39 is 5.41 Å². The smallest absolute Gasteiger partial charge is 0.250 e. The van der Waals surface area contributed by atoms with Crippen LogP contribution in [0, 0.1) is 51.2 Å². The lowest BCUT2D eigenvalue weighted by atomic mass is 9.38. The lowest BCUT2D eigenvalue weighted by Gasteiger charge is -2.66. The number of carbonyl (C=O) groups excluding carboxylic acids is 1. The number of carbonyl (C=O) groups is 1. The molecule has 0 spiro atoms. The van der Waals surface area contributed by atoms with Crippen molar-refractivity contribution in [2.75, 3.05) is 0 Å². The van der Waals surface area contributed by atoms with Crippen LogP contribution in [0.2, 0.25) is 0 Å². The highest BCUT2D eigenvalue weighted by Gasteiger charge is 2.64. The van der Waals surface area contributed by atoms with Gasteiger partial charge in [-0.2, -0.15) is 0 Å². The minimum absolute atomic E-state index is 0.135. The first-order chi connectivity index (χ1) is 15.0. The normalized spacial score (nSPS) is 51.9. The van der Waals surface area contributed by atoms with Crippen molar-refractivity contribution >= 4 is 5.91 Å². The number of hydroxylamine groups is 1. The Balaban J connectivity index is 1.54. The molecule has 180 valence electrons. The summed E-state index contributed by atoms with van der Waals surface area (Å²) in [5.41, 5.74) is 4.02. The second-order valence-electron chi connectivity index (χ2n) is 13.7. The van der Waals surface area contributed by atoms with Crippen LogP contribution < -0.4 is 5.48 Å². The number of hydrogen-bond acceptors (Lipinski definition) is 3. The van der Waals surface area contributed by atoms with Gasteiger partial charge in [-0.15, -0.1) is 0 Å². The molecule has 4 fully saturated rings. The molecule has 4 saturated carbocycles. The van der Waals surface area contributed by atoms with E-state index >= 15 is 0 Å². The van der Waals surface area contributed by atoms with Crippen molar-refractivity contribution in [2.45, 2.75) is 105 Å². The summed E-state index contributed by atoms with van der Waals surface area (Å²) < 4.78 is 0. The third-order valence-corrected chi connectivity index (χ3v) is 11.9. The van der Waals surface area contributed by atoms with Crippen molar-refractivity contribution in [3.05, 3.63) is 11.6 Å². The molecule has 0 aromatic rings. The molecule has 0 aliphatic heterocycles. The number of aliphatic hydroxyl groups excluding tert-OH is 1. The van der Waals surface area contributed by atoms with Gasteiger partial charge < -0.3 is 5.11 Å². The predicted octanol–water partition coefficient (Wildman–Crippen LogP) is 5.87. The number of amides is 1. The molecular formula is C28H45NO3. The maximum atomic E-state index is 13.1. The Morgan fingerprint density at radius 2 is 1.69 bits per heavy atom. The first kappa shape index (κ1) is 22.9. The summed E-state index contributed by atoms with van der Waals surface area (Å²) in [5, 5.41) is 20.2. The van der Waals surface area contributed by atoms with E-state index in [9.17, 15) is 15.1 Å². The molecule has 0 radical (unpaired) electrons. The summed E-state index contributed by atoms with van der Waals surface area (Å²) in [7, 11) is 0. The second-order valence-corrected chi connectivity index (χ2v) is 13.7. The fourth-order valence-corrected chi connectivity index (χ4v) is 10.0. The van der Waals surface area contributed by atoms with Gasteiger partial charge in [0.25, 0.3) is 0 Å². The topological polar surface area (TPSA) is 69.6 Å². The average molecular weight is 444 g/mol. The van der Waals surface area contributed by atoms with Gasteiger partial charge >= 0.3 is 0 Å². The predicted molar refractivity (Wildman–Crippen MR) is 126 cm³/mol. The molecular weight excluding hydrogens is 398 g/mol.